The second-order valence-corrected chi connectivity index (χ2v) is 5.63. The standard InChI is InChI=1S/C21H25NO4/c1-4-22(19-10-8-7-9-18(19)21(24)26-6-3)20(23)15-16-11-13-17(14-12-16)25-5-2/h7-14H,4-6,15H2,1-3H3. The van der Waals surface area contributed by atoms with Crippen molar-refractivity contribution in [2.75, 3.05) is 24.7 Å². The second kappa shape index (κ2) is 9.61. The van der Waals surface area contributed by atoms with E-state index >= 15 is 0 Å². The van der Waals surface area contributed by atoms with Gasteiger partial charge in [0.25, 0.3) is 0 Å². The fourth-order valence-electron chi connectivity index (χ4n) is 2.71. The van der Waals surface area contributed by atoms with Crippen LogP contribution in [0.15, 0.2) is 48.5 Å². The Morgan fingerprint density at radius 2 is 1.62 bits per heavy atom. The number of amides is 1. The number of carbonyl (C=O) groups excluding carboxylic acids is 2. The van der Waals surface area contributed by atoms with Gasteiger partial charge in [-0.2, -0.15) is 0 Å². The summed E-state index contributed by atoms with van der Waals surface area (Å²) < 4.78 is 10.5. The minimum Gasteiger partial charge on any atom is -0.494 e. The highest BCUT2D eigenvalue weighted by Crippen LogP contribution is 2.23. The number of ether oxygens (including phenoxy) is 2. The molecule has 0 saturated carbocycles. The lowest BCUT2D eigenvalue weighted by atomic mass is 10.1. The Morgan fingerprint density at radius 3 is 2.23 bits per heavy atom. The molecule has 26 heavy (non-hydrogen) atoms. The Balaban J connectivity index is 2.20. The van der Waals surface area contributed by atoms with E-state index in [0.29, 0.717) is 31.0 Å². The van der Waals surface area contributed by atoms with Crippen molar-refractivity contribution in [2.24, 2.45) is 0 Å². The Morgan fingerprint density at radius 1 is 0.923 bits per heavy atom. The molecule has 2 aromatic rings. The molecule has 0 N–H and O–H groups in total. The number of benzene rings is 2. The van der Waals surface area contributed by atoms with Crippen molar-refractivity contribution in [3.63, 3.8) is 0 Å². The molecule has 5 nitrogen and oxygen atoms in total. The van der Waals surface area contributed by atoms with Crippen LogP contribution in [0.3, 0.4) is 0 Å². The highest BCUT2D eigenvalue weighted by molar-refractivity contribution is 6.03. The van der Waals surface area contributed by atoms with Crippen LogP contribution in [0.2, 0.25) is 0 Å². The number of carbonyl (C=O) groups is 2. The first-order chi connectivity index (χ1) is 12.6. The van der Waals surface area contributed by atoms with Crippen LogP contribution in [0.1, 0.15) is 36.7 Å². The third kappa shape index (κ3) is 4.85. The molecule has 5 heteroatoms. The van der Waals surface area contributed by atoms with Crippen LogP contribution in [-0.4, -0.2) is 31.6 Å². The van der Waals surface area contributed by atoms with Gasteiger partial charge in [0.05, 0.1) is 30.9 Å². The molecule has 0 aliphatic heterocycles. The van der Waals surface area contributed by atoms with Gasteiger partial charge >= 0.3 is 5.97 Å². The number of anilines is 1. The SMILES string of the molecule is CCOC(=O)c1ccccc1N(CC)C(=O)Cc1ccc(OCC)cc1. The molecule has 0 bridgehead atoms. The lowest BCUT2D eigenvalue weighted by molar-refractivity contribution is -0.117. The third-order valence-corrected chi connectivity index (χ3v) is 3.90. The Hall–Kier alpha value is -2.82. The molecule has 0 fully saturated rings. The van der Waals surface area contributed by atoms with Gasteiger partial charge in [0, 0.05) is 6.54 Å². The summed E-state index contributed by atoms with van der Waals surface area (Å²) in [5.74, 6) is 0.285. The molecule has 0 aromatic heterocycles. The van der Waals surface area contributed by atoms with Crippen LogP contribution in [0.4, 0.5) is 5.69 Å². The average Bonchev–Trinajstić information content (AvgIpc) is 2.65. The number of nitrogens with zero attached hydrogens (tertiary/aromatic N) is 1. The quantitative estimate of drug-likeness (QED) is 0.675. The van der Waals surface area contributed by atoms with E-state index in [-0.39, 0.29) is 12.3 Å². The second-order valence-electron chi connectivity index (χ2n) is 5.63. The summed E-state index contributed by atoms with van der Waals surface area (Å²) in [6.07, 6.45) is 0.247. The van der Waals surface area contributed by atoms with Crippen molar-refractivity contribution < 1.29 is 19.1 Å². The van der Waals surface area contributed by atoms with E-state index in [1.54, 1.807) is 30.0 Å². The molecule has 1 amide bonds. The van der Waals surface area contributed by atoms with E-state index in [9.17, 15) is 9.59 Å². The summed E-state index contributed by atoms with van der Waals surface area (Å²) in [6, 6.07) is 14.5. The molecule has 0 spiro atoms. The van der Waals surface area contributed by atoms with Crippen LogP contribution >= 0.6 is 0 Å². The maximum absolute atomic E-state index is 12.8. The van der Waals surface area contributed by atoms with Crippen LogP contribution < -0.4 is 9.64 Å². The van der Waals surface area contributed by atoms with Crippen LogP contribution in [0.5, 0.6) is 5.75 Å². The van der Waals surface area contributed by atoms with Gasteiger partial charge in [-0.25, -0.2) is 4.79 Å². The van der Waals surface area contributed by atoms with E-state index in [0.717, 1.165) is 11.3 Å². The number of hydrogen-bond donors (Lipinski definition) is 0. The third-order valence-electron chi connectivity index (χ3n) is 3.90. The lowest BCUT2D eigenvalue weighted by Crippen LogP contribution is -2.33. The molecule has 0 saturated heterocycles. The molecular weight excluding hydrogens is 330 g/mol. The topological polar surface area (TPSA) is 55.8 Å². The predicted octanol–water partition coefficient (Wildman–Crippen LogP) is 3.86. The van der Waals surface area contributed by atoms with Gasteiger partial charge in [-0.1, -0.05) is 24.3 Å². The summed E-state index contributed by atoms with van der Waals surface area (Å²) in [5.41, 5.74) is 1.87. The Labute approximate surface area is 154 Å². The highest BCUT2D eigenvalue weighted by Gasteiger charge is 2.21. The first-order valence-corrected chi connectivity index (χ1v) is 8.88. The first kappa shape index (κ1) is 19.5. The normalized spacial score (nSPS) is 10.3. The molecule has 0 aliphatic rings. The highest BCUT2D eigenvalue weighted by atomic mass is 16.5. The van der Waals surface area contributed by atoms with Crippen molar-refractivity contribution in [1.29, 1.82) is 0 Å². The number of hydrogen-bond acceptors (Lipinski definition) is 4. The summed E-state index contributed by atoms with van der Waals surface area (Å²) in [6.45, 7) is 6.93. The smallest absolute Gasteiger partial charge is 0.340 e. The van der Waals surface area contributed by atoms with Gasteiger partial charge in [-0.05, 0) is 50.6 Å². The van der Waals surface area contributed by atoms with E-state index in [1.165, 1.54) is 0 Å². The van der Waals surface area contributed by atoms with Crippen LogP contribution in [0.25, 0.3) is 0 Å². The van der Waals surface area contributed by atoms with Crippen LogP contribution in [0, 0.1) is 0 Å². The Bertz CT molecular complexity index is 740. The van der Waals surface area contributed by atoms with E-state index in [4.69, 9.17) is 9.47 Å². The molecule has 2 rings (SSSR count). The van der Waals surface area contributed by atoms with Gasteiger partial charge in [-0.3, -0.25) is 4.79 Å². The molecule has 0 atom stereocenters. The largest absolute Gasteiger partial charge is 0.494 e. The van der Waals surface area contributed by atoms with E-state index in [2.05, 4.69) is 0 Å². The summed E-state index contributed by atoms with van der Waals surface area (Å²) in [4.78, 5) is 26.6. The van der Waals surface area contributed by atoms with Crippen molar-refractivity contribution in [3.8, 4) is 5.75 Å². The minimum atomic E-state index is -0.421. The maximum Gasteiger partial charge on any atom is 0.340 e. The number of rotatable bonds is 8. The van der Waals surface area contributed by atoms with Crippen molar-refractivity contribution in [1.82, 2.24) is 0 Å². The fourth-order valence-corrected chi connectivity index (χ4v) is 2.71. The van der Waals surface area contributed by atoms with Crippen molar-refractivity contribution in [2.45, 2.75) is 27.2 Å². The van der Waals surface area contributed by atoms with Gasteiger partial charge in [-0.15, -0.1) is 0 Å². The number of esters is 1. The Kier molecular flexibility index (Phi) is 7.21. The van der Waals surface area contributed by atoms with Gasteiger partial charge in [0.2, 0.25) is 5.91 Å². The summed E-state index contributed by atoms with van der Waals surface area (Å²) in [7, 11) is 0. The zero-order chi connectivity index (χ0) is 18.9. The summed E-state index contributed by atoms with van der Waals surface area (Å²) >= 11 is 0. The first-order valence-electron chi connectivity index (χ1n) is 8.88. The molecule has 2 aromatic carbocycles. The lowest BCUT2D eigenvalue weighted by Gasteiger charge is -2.23. The number of para-hydroxylation sites is 1. The van der Waals surface area contributed by atoms with Gasteiger partial charge in [0.15, 0.2) is 0 Å². The average molecular weight is 355 g/mol. The molecule has 138 valence electrons. The molecule has 0 unspecified atom stereocenters. The molecule has 0 heterocycles. The van der Waals surface area contributed by atoms with Crippen molar-refractivity contribution >= 4 is 17.6 Å². The molecule has 0 radical (unpaired) electrons. The minimum absolute atomic E-state index is 0.0755. The summed E-state index contributed by atoms with van der Waals surface area (Å²) in [5, 5.41) is 0. The zero-order valence-corrected chi connectivity index (χ0v) is 15.5. The maximum atomic E-state index is 12.8. The zero-order valence-electron chi connectivity index (χ0n) is 15.5. The predicted molar refractivity (Wildman–Crippen MR) is 102 cm³/mol. The van der Waals surface area contributed by atoms with E-state index in [1.807, 2.05) is 44.2 Å². The van der Waals surface area contributed by atoms with Gasteiger partial charge < -0.3 is 14.4 Å². The monoisotopic (exact) mass is 355 g/mol. The van der Waals surface area contributed by atoms with E-state index < -0.39 is 5.97 Å². The molecular formula is C21H25NO4. The van der Waals surface area contributed by atoms with Crippen LogP contribution in [-0.2, 0) is 16.0 Å². The van der Waals surface area contributed by atoms with Gasteiger partial charge in [0.1, 0.15) is 5.75 Å². The fraction of sp³-hybridized carbons (Fsp3) is 0.333. The number of likely N-dealkylation sites (N-methyl/N-ethyl adjacent to an activating group) is 1. The molecule has 0 aliphatic carbocycles. The van der Waals surface area contributed by atoms with Crippen molar-refractivity contribution in [3.05, 3.63) is 59.7 Å².